The summed E-state index contributed by atoms with van der Waals surface area (Å²) in [7, 11) is 0. The second-order valence-corrected chi connectivity index (χ2v) is 6.58. The van der Waals surface area contributed by atoms with Gasteiger partial charge in [-0.05, 0) is 38.0 Å². The maximum absolute atomic E-state index is 5.95. The van der Waals surface area contributed by atoms with Gasteiger partial charge in [-0.3, -0.25) is 9.58 Å². The lowest BCUT2D eigenvalue weighted by atomic mass is 10.1. The van der Waals surface area contributed by atoms with Gasteiger partial charge in [-0.15, -0.1) is 0 Å². The number of aryl methyl sites for hydroxylation is 1. The van der Waals surface area contributed by atoms with E-state index in [4.69, 9.17) is 16.3 Å². The molecule has 4 heterocycles. The van der Waals surface area contributed by atoms with Crippen LogP contribution in [0.25, 0.3) is 0 Å². The van der Waals surface area contributed by atoms with Crippen molar-refractivity contribution in [3.05, 3.63) is 53.8 Å². The number of rotatable bonds is 4. The Morgan fingerprint density at radius 3 is 2.69 bits per heavy atom. The molecule has 1 aliphatic heterocycles. The Hall–Kier alpha value is -2.51. The van der Waals surface area contributed by atoms with E-state index in [9.17, 15) is 0 Å². The van der Waals surface area contributed by atoms with Gasteiger partial charge in [0.25, 0.3) is 0 Å². The molecule has 0 atom stereocenters. The van der Waals surface area contributed by atoms with E-state index in [1.807, 2.05) is 41.0 Å². The molecule has 1 saturated heterocycles. The molecule has 26 heavy (non-hydrogen) atoms. The highest BCUT2D eigenvalue weighted by atomic mass is 35.5. The van der Waals surface area contributed by atoms with Crippen LogP contribution in [-0.4, -0.2) is 37.9 Å². The van der Waals surface area contributed by atoms with Crippen molar-refractivity contribution in [3.63, 3.8) is 0 Å². The molecule has 4 rings (SSSR count). The SMILES string of the molecule is Cc1ccnc(N(c2ccc(Cl)nc2)c2cnn(C3CCOCC3)c2)n1. The highest BCUT2D eigenvalue weighted by Gasteiger charge is 2.21. The fraction of sp³-hybridized carbons (Fsp3) is 0.333. The number of halogens is 1. The summed E-state index contributed by atoms with van der Waals surface area (Å²) >= 11 is 5.95. The van der Waals surface area contributed by atoms with Crippen molar-refractivity contribution in [1.82, 2.24) is 24.7 Å². The number of nitrogens with zero attached hydrogens (tertiary/aromatic N) is 6. The first-order valence-corrected chi connectivity index (χ1v) is 8.92. The van der Waals surface area contributed by atoms with E-state index in [0.717, 1.165) is 43.1 Å². The summed E-state index contributed by atoms with van der Waals surface area (Å²) in [5, 5.41) is 5.01. The number of ether oxygens (including phenoxy) is 1. The minimum atomic E-state index is 0.348. The standard InChI is InChI=1S/C18H19ClN6O/c1-13-4-7-20-18(23-13)25(15-2-3-17(19)21-10-15)16-11-22-24(12-16)14-5-8-26-9-6-14/h2-4,7,10-12,14H,5-6,8-9H2,1H3. The van der Waals surface area contributed by atoms with E-state index in [2.05, 4.69) is 20.1 Å². The maximum atomic E-state index is 5.95. The van der Waals surface area contributed by atoms with Gasteiger partial charge < -0.3 is 4.74 Å². The van der Waals surface area contributed by atoms with Crippen molar-refractivity contribution in [1.29, 1.82) is 0 Å². The summed E-state index contributed by atoms with van der Waals surface area (Å²) in [5.41, 5.74) is 2.59. The molecule has 0 spiro atoms. The van der Waals surface area contributed by atoms with Gasteiger partial charge in [0.2, 0.25) is 5.95 Å². The van der Waals surface area contributed by atoms with Crippen molar-refractivity contribution in [2.75, 3.05) is 18.1 Å². The molecule has 8 heteroatoms. The third-order valence-corrected chi connectivity index (χ3v) is 4.59. The van der Waals surface area contributed by atoms with Crippen LogP contribution in [0.3, 0.4) is 0 Å². The Bertz CT molecular complexity index is 875. The van der Waals surface area contributed by atoms with Crippen LogP contribution < -0.4 is 4.90 Å². The molecule has 0 unspecified atom stereocenters. The van der Waals surface area contributed by atoms with Crippen LogP contribution in [0.15, 0.2) is 43.0 Å². The van der Waals surface area contributed by atoms with Crippen molar-refractivity contribution >= 4 is 28.9 Å². The summed E-state index contributed by atoms with van der Waals surface area (Å²) in [4.78, 5) is 15.1. The average Bonchev–Trinajstić information content (AvgIpc) is 3.14. The fourth-order valence-corrected chi connectivity index (χ4v) is 3.13. The van der Waals surface area contributed by atoms with Crippen LogP contribution >= 0.6 is 11.6 Å². The van der Waals surface area contributed by atoms with Crippen LogP contribution in [0.5, 0.6) is 0 Å². The van der Waals surface area contributed by atoms with E-state index in [1.165, 1.54) is 0 Å². The second kappa shape index (κ2) is 7.39. The zero-order valence-corrected chi connectivity index (χ0v) is 15.2. The third-order valence-electron chi connectivity index (χ3n) is 4.36. The van der Waals surface area contributed by atoms with Gasteiger partial charge in [0, 0.05) is 31.3 Å². The van der Waals surface area contributed by atoms with E-state index < -0.39 is 0 Å². The zero-order chi connectivity index (χ0) is 17.9. The number of hydrogen-bond acceptors (Lipinski definition) is 6. The Kier molecular flexibility index (Phi) is 4.81. The normalized spacial score (nSPS) is 15.2. The number of pyridine rings is 1. The van der Waals surface area contributed by atoms with Crippen LogP contribution in [0.1, 0.15) is 24.6 Å². The summed E-state index contributed by atoms with van der Waals surface area (Å²) in [6.07, 6.45) is 9.23. The molecule has 0 saturated carbocycles. The molecule has 0 amide bonds. The van der Waals surface area contributed by atoms with Gasteiger partial charge in [0.1, 0.15) is 5.15 Å². The smallest absolute Gasteiger partial charge is 0.234 e. The van der Waals surface area contributed by atoms with Gasteiger partial charge >= 0.3 is 0 Å². The van der Waals surface area contributed by atoms with Crippen molar-refractivity contribution in [2.24, 2.45) is 0 Å². The quantitative estimate of drug-likeness (QED) is 0.650. The Balaban J connectivity index is 1.73. The van der Waals surface area contributed by atoms with Crippen LogP contribution in [0, 0.1) is 6.92 Å². The van der Waals surface area contributed by atoms with Crippen molar-refractivity contribution in [2.45, 2.75) is 25.8 Å². The molecule has 3 aromatic rings. The largest absolute Gasteiger partial charge is 0.381 e. The molecular formula is C18H19ClN6O. The highest BCUT2D eigenvalue weighted by molar-refractivity contribution is 6.29. The molecule has 1 aliphatic rings. The molecule has 0 bridgehead atoms. The maximum Gasteiger partial charge on any atom is 0.234 e. The van der Waals surface area contributed by atoms with Crippen LogP contribution in [-0.2, 0) is 4.74 Å². The predicted molar refractivity (Wildman–Crippen MR) is 99.1 cm³/mol. The fourth-order valence-electron chi connectivity index (χ4n) is 3.02. The van der Waals surface area contributed by atoms with Gasteiger partial charge in [0.05, 0.1) is 29.8 Å². The van der Waals surface area contributed by atoms with E-state index >= 15 is 0 Å². The molecule has 7 nitrogen and oxygen atoms in total. The topological polar surface area (TPSA) is 69.0 Å². The second-order valence-electron chi connectivity index (χ2n) is 6.19. The van der Waals surface area contributed by atoms with E-state index in [-0.39, 0.29) is 0 Å². The molecule has 0 aliphatic carbocycles. The molecular weight excluding hydrogens is 352 g/mol. The number of aromatic nitrogens is 5. The van der Waals surface area contributed by atoms with Crippen LogP contribution in [0.4, 0.5) is 17.3 Å². The minimum absolute atomic E-state index is 0.348. The lowest BCUT2D eigenvalue weighted by Gasteiger charge is -2.23. The summed E-state index contributed by atoms with van der Waals surface area (Å²) in [5.74, 6) is 0.570. The molecule has 0 aromatic carbocycles. The number of hydrogen-bond donors (Lipinski definition) is 0. The van der Waals surface area contributed by atoms with E-state index in [1.54, 1.807) is 18.5 Å². The van der Waals surface area contributed by atoms with Crippen molar-refractivity contribution < 1.29 is 4.74 Å². The van der Waals surface area contributed by atoms with Gasteiger partial charge in [-0.25, -0.2) is 15.0 Å². The number of anilines is 3. The molecule has 1 fully saturated rings. The first kappa shape index (κ1) is 16.9. The molecule has 134 valence electrons. The lowest BCUT2D eigenvalue weighted by Crippen LogP contribution is -2.20. The van der Waals surface area contributed by atoms with Gasteiger partial charge in [-0.2, -0.15) is 5.10 Å². The Labute approximate surface area is 156 Å². The highest BCUT2D eigenvalue weighted by Crippen LogP contribution is 2.33. The van der Waals surface area contributed by atoms with Gasteiger partial charge in [0.15, 0.2) is 0 Å². The zero-order valence-electron chi connectivity index (χ0n) is 14.4. The molecule has 0 radical (unpaired) electrons. The average molecular weight is 371 g/mol. The summed E-state index contributed by atoms with van der Waals surface area (Å²) in [6.45, 7) is 3.48. The van der Waals surface area contributed by atoms with E-state index in [0.29, 0.717) is 17.1 Å². The first-order chi connectivity index (χ1) is 12.7. The predicted octanol–water partition coefficient (Wildman–Crippen LogP) is 3.85. The third kappa shape index (κ3) is 3.54. The first-order valence-electron chi connectivity index (χ1n) is 8.54. The monoisotopic (exact) mass is 370 g/mol. The lowest BCUT2D eigenvalue weighted by molar-refractivity contribution is 0.0662. The molecule has 0 N–H and O–H groups in total. The molecule has 3 aromatic heterocycles. The van der Waals surface area contributed by atoms with Crippen LogP contribution in [0.2, 0.25) is 5.15 Å². The Morgan fingerprint density at radius 1 is 1.12 bits per heavy atom. The summed E-state index contributed by atoms with van der Waals surface area (Å²) in [6, 6.07) is 5.86. The van der Waals surface area contributed by atoms with Gasteiger partial charge in [-0.1, -0.05) is 11.6 Å². The summed E-state index contributed by atoms with van der Waals surface area (Å²) < 4.78 is 7.45. The minimum Gasteiger partial charge on any atom is -0.381 e. The Morgan fingerprint density at radius 2 is 1.96 bits per heavy atom. The van der Waals surface area contributed by atoms with Crippen molar-refractivity contribution in [3.8, 4) is 0 Å².